The van der Waals surface area contributed by atoms with Crippen molar-refractivity contribution in [2.24, 2.45) is 0 Å². The molecule has 0 aliphatic carbocycles. The number of aryl methyl sites for hydroxylation is 3. The van der Waals surface area contributed by atoms with Crippen LogP contribution in [0.25, 0.3) is 0 Å². The van der Waals surface area contributed by atoms with E-state index in [0.29, 0.717) is 0 Å². The van der Waals surface area contributed by atoms with Gasteiger partial charge in [-0.3, -0.25) is 4.79 Å². The second-order valence-corrected chi connectivity index (χ2v) is 5.15. The van der Waals surface area contributed by atoms with E-state index >= 15 is 0 Å². The molecule has 0 heterocycles. The molecule has 20 heavy (non-hydrogen) atoms. The zero-order chi connectivity index (χ0) is 15.3. The minimum Gasteiger partial charge on any atom is -0.388 e. The summed E-state index contributed by atoms with van der Waals surface area (Å²) in [4.78, 5) is 10.9. The molecule has 0 saturated heterocycles. The number of nitrogens with one attached hydrogen (secondary N) is 1. The summed E-state index contributed by atoms with van der Waals surface area (Å²) in [6.45, 7) is 7.54. The van der Waals surface area contributed by atoms with Crippen LogP contribution in [0.1, 0.15) is 49.1 Å². The van der Waals surface area contributed by atoms with Gasteiger partial charge in [-0.1, -0.05) is 31.5 Å². The fraction of sp³-hybridized carbons (Fsp3) is 0.562. The Hall–Kier alpha value is -1.39. The summed E-state index contributed by atoms with van der Waals surface area (Å²) >= 11 is 0. The van der Waals surface area contributed by atoms with Crippen molar-refractivity contribution in [3.8, 4) is 0 Å². The average molecular weight is 279 g/mol. The van der Waals surface area contributed by atoms with Crippen molar-refractivity contribution < 1.29 is 15.0 Å². The van der Waals surface area contributed by atoms with E-state index < -0.39 is 12.2 Å². The molecule has 2 atom stereocenters. The second-order valence-electron chi connectivity index (χ2n) is 5.15. The van der Waals surface area contributed by atoms with Crippen LogP contribution in [0.5, 0.6) is 0 Å². The van der Waals surface area contributed by atoms with E-state index in [4.69, 9.17) is 0 Å². The maximum absolute atomic E-state index is 10.9. The molecule has 0 bridgehead atoms. The Labute approximate surface area is 120 Å². The summed E-state index contributed by atoms with van der Waals surface area (Å²) in [6, 6.07) is 4.09. The Balaban J connectivity index is 3.06. The molecule has 4 heteroatoms. The topological polar surface area (TPSA) is 69.6 Å². The molecule has 1 aromatic carbocycles. The number of carbonyl (C=O) groups excluding carboxylic acids is 1. The summed E-state index contributed by atoms with van der Waals surface area (Å²) in [5.41, 5.74) is 4.07. The van der Waals surface area contributed by atoms with E-state index in [1.165, 1.54) is 6.92 Å². The molecule has 0 aliphatic heterocycles. The largest absolute Gasteiger partial charge is 0.388 e. The third kappa shape index (κ3) is 4.05. The molecule has 2 unspecified atom stereocenters. The lowest BCUT2D eigenvalue weighted by atomic mass is 9.89. The number of hydrogen-bond acceptors (Lipinski definition) is 3. The van der Waals surface area contributed by atoms with Crippen LogP contribution in [0.2, 0.25) is 0 Å². The molecule has 112 valence electrons. The Morgan fingerprint density at radius 3 is 2.10 bits per heavy atom. The standard InChI is InChI=1S/C16H25NO3/c1-5-12-7-10(3)8-13(6-2)15(12)16(20)14(19)9-17-11(4)18/h7-8,14,16,19-20H,5-6,9H2,1-4H3,(H,17,18). The summed E-state index contributed by atoms with van der Waals surface area (Å²) in [5.74, 6) is -0.216. The molecule has 1 amide bonds. The third-order valence-corrected chi connectivity index (χ3v) is 3.48. The zero-order valence-corrected chi connectivity index (χ0v) is 12.7. The molecule has 1 rings (SSSR count). The molecular formula is C16H25NO3. The summed E-state index contributed by atoms with van der Waals surface area (Å²) < 4.78 is 0. The van der Waals surface area contributed by atoms with Gasteiger partial charge in [0.25, 0.3) is 0 Å². The van der Waals surface area contributed by atoms with Crippen molar-refractivity contribution in [2.45, 2.75) is 52.7 Å². The van der Waals surface area contributed by atoms with Crippen LogP contribution in [0, 0.1) is 6.92 Å². The summed E-state index contributed by atoms with van der Waals surface area (Å²) in [5, 5.41) is 23.0. The maximum atomic E-state index is 10.9. The van der Waals surface area contributed by atoms with Crippen molar-refractivity contribution >= 4 is 5.91 Å². The Kier molecular flexibility index (Phi) is 6.17. The first-order valence-electron chi connectivity index (χ1n) is 7.13. The molecule has 0 aromatic heterocycles. The molecule has 0 saturated carbocycles. The van der Waals surface area contributed by atoms with Gasteiger partial charge in [0.2, 0.25) is 5.91 Å². The summed E-state index contributed by atoms with van der Waals surface area (Å²) in [7, 11) is 0. The van der Waals surface area contributed by atoms with Gasteiger partial charge in [-0.15, -0.1) is 0 Å². The maximum Gasteiger partial charge on any atom is 0.216 e. The van der Waals surface area contributed by atoms with Crippen LogP contribution in [0.4, 0.5) is 0 Å². The highest BCUT2D eigenvalue weighted by Gasteiger charge is 2.23. The SMILES string of the molecule is CCc1cc(C)cc(CC)c1C(O)C(O)CNC(C)=O. The van der Waals surface area contributed by atoms with Gasteiger partial charge in [-0.2, -0.15) is 0 Å². The Morgan fingerprint density at radius 1 is 1.20 bits per heavy atom. The number of rotatable bonds is 6. The van der Waals surface area contributed by atoms with Gasteiger partial charge in [0.15, 0.2) is 0 Å². The fourth-order valence-corrected chi connectivity index (χ4v) is 2.47. The number of hydrogen-bond donors (Lipinski definition) is 3. The highest BCUT2D eigenvalue weighted by atomic mass is 16.3. The van der Waals surface area contributed by atoms with E-state index in [1.54, 1.807) is 0 Å². The molecule has 4 nitrogen and oxygen atoms in total. The van der Waals surface area contributed by atoms with Crippen LogP contribution in [-0.4, -0.2) is 28.8 Å². The highest BCUT2D eigenvalue weighted by molar-refractivity contribution is 5.72. The van der Waals surface area contributed by atoms with Crippen molar-refractivity contribution in [2.75, 3.05) is 6.54 Å². The smallest absolute Gasteiger partial charge is 0.216 e. The number of aliphatic hydroxyl groups is 2. The minimum atomic E-state index is -1.00. The number of carbonyl (C=O) groups is 1. The van der Waals surface area contributed by atoms with Crippen LogP contribution in [0.15, 0.2) is 12.1 Å². The van der Waals surface area contributed by atoms with Crippen molar-refractivity contribution in [1.82, 2.24) is 5.32 Å². The average Bonchev–Trinajstić information content (AvgIpc) is 2.42. The number of benzene rings is 1. The minimum absolute atomic E-state index is 0.0523. The van der Waals surface area contributed by atoms with Crippen molar-refractivity contribution in [3.63, 3.8) is 0 Å². The molecule has 0 fully saturated rings. The van der Waals surface area contributed by atoms with Crippen LogP contribution in [0.3, 0.4) is 0 Å². The van der Waals surface area contributed by atoms with E-state index in [9.17, 15) is 15.0 Å². The lowest BCUT2D eigenvalue weighted by molar-refractivity contribution is -0.119. The highest BCUT2D eigenvalue weighted by Crippen LogP contribution is 2.27. The molecule has 0 spiro atoms. The monoisotopic (exact) mass is 279 g/mol. The first-order chi connectivity index (χ1) is 9.40. The Morgan fingerprint density at radius 2 is 1.70 bits per heavy atom. The number of amides is 1. The van der Waals surface area contributed by atoms with Crippen molar-refractivity contribution in [1.29, 1.82) is 0 Å². The second kappa shape index (κ2) is 7.41. The predicted molar refractivity (Wildman–Crippen MR) is 79.6 cm³/mol. The van der Waals surface area contributed by atoms with Crippen LogP contribution in [-0.2, 0) is 17.6 Å². The van der Waals surface area contributed by atoms with Crippen LogP contribution >= 0.6 is 0 Å². The van der Waals surface area contributed by atoms with Crippen LogP contribution < -0.4 is 5.32 Å². The van der Waals surface area contributed by atoms with E-state index in [-0.39, 0.29) is 12.5 Å². The van der Waals surface area contributed by atoms with E-state index in [0.717, 1.165) is 35.1 Å². The van der Waals surface area contributed by atoms with Gasteiger partial charge in [-0.25, -0.2) is 0 Å². The van der Waals surface area contributed by atoms with Gasteiger partial charge in [-0.05, 0) is 36.5 Å². The van der Waals surface area contributed by atoms with Gasteiger partial charge in [0.05, 0.1) is 0 Å². The number of aliphatic hydroxyl groups excluding tert-OH is 2. The fourth-order valence-electron chi connectivity index (χ4n) is 2.47. The van der Waals surface area contributed by atoms with E-state index in [1.807, 2.05) is 32.9 Å². The molecule has 1 aromatic rings. The normalized spacial score (nSPS) is 13.9. The van der Waals surface area contributed by atoms with Gasteiger partial charge in [0, 0.05) is 13.5 Å². The first kappa shape index (κ1) is 16.7. The zero-order valence-electron chi connectivity index (χ0n) is 12.7. The van der Waals surface area contributed by atoms with Gasteiger partial charge >= 0.3 is 0 Å². The van der Waals surface area contributed by atoms with Gasteiger partial charge < -0.3 is 15.5 Å². The summed E-state index contributed by atoms with van der Waals surface area (Å²) in [6.07, 6.45) is -0.383. The third-order valence-electron chi connectivity index (χ3n) is 3.48. The molecule has 0 aliphatic rings. The first-order valence-corrected chi connectivity index (χ1v) is 7.13. The van der Waals surface area contributed by atoms with E-state index in [2.05, 4.69) is 5.32 Å². The molecule has 0 radical (unpaired) electrons. The Bertz CT molecular complexity index is 446. The van der Waals surface area contributed by atoms with Gasteiger partial charge in [0.1, 0.15) is 12.2 Å². The quantitative estimate of drug-likeness (QED) is 0.741. The van der Waals surface area contributed by atoms with Crippen molar-refractivity contribution in [3.05, 3.63) is 34.4 Å². The lowest BCUT2D eigenvalue weighted by Crippen LogP contribution is -2.34. The molecular weight excluding hydrogens is 254 g/mol. The predicted octanol–water partition coefficient (Wildman–Crippen LogP) is 1.65. The lowest BCUT2D eigenvalue weighted by Gasteiger charge is -2.24. The molecule has 3 N–H and O–H groups in total.